The van der Waals surface area contributed by atoms with Gasteiger partial charge in [-0.15, -0.1) is 0 Å². The third-order valence-electron chi connectivity index (χ3n) is 1.50. The number of halogens is 2. The van der Waals surface area contributed by atoms with Crippen LogP contribution in [-0.4, -0.2) is 38.5 Å². The van der Waals surface area contributed by atoms with E-state index >= 15 is 0 Å². The van der Waals surface area contributed by atoms with Gasteiger partial charge in [0.05, 0.1) is 13.2 Å². The van der Waals surface area contributed by atoms with Crippen LogP contribution in [0.4, 0.5) is 19.5 Å². The fourth-order valence-electron chi connectivity index (χ4n) is 0.919. The summed E-state index contributed by atoms with van der Waals surface area (Å²) in [5.74, 6) is -1.19. The number of hydrogen-bond acceptors (Lipinski definition) is 7. The van der Waals surface area contributed by atoms with Gasteiger partial charge < -0.3 is 14.0 Å². The van der Waals surface area contributed by atoms with Gasteiger partial charge in [0.15, 0.2) is 0 Å². The van der Waals surface area contributed by atoms with E-state index in [2.05, 4.69) is 19.4 Å². The molecule has 1 atom stereocenters. The van der Waals surface area contributed by atoms with Gasteiger partial charge in [-0.3, -0.25) is 14.2 Å². The van der Waals surface area contributed by atoms with Gasteiger partial charge in [0, 0.05) is 11.3 Å². The van der Waals surface area contributed by atoms with Crippen molar-refractivity contribution in [3.8, 4) is 11.8 Å². The molecule has 106 valence electrons. The van der Waals surface area contributed by atoms with Crippen LogP contribution < -0.4 is 19.5 Å². The summed E-state index contributed by atoms with van der Waals surface area (Å²) in [6.45, 7) is -3.13. The third-order valence-corrected chi connectivity index (χ3v) is 1.85. The van der Waals surface area contributed by atoms with Crippen LogP contribution >= 0.6 is 0 Å². The van der Waals surface area contributed by atoms with Gasteiger partial charge >= 0.3 is 12.6 Å². The second kappa shape index (κ2) is 6.75. The highest BCUT2D eigenvalue weighted by Gasteiger charge is 2.12. The van der Waals surface area contributed by atoms with Crippen LogP contribution in [0.1, 0.15) is 0 Å². The van der Waals surface area contributed by atoms with Gasteiger partial charge in [-0.05, 0) is 0 Å². The van der Waals surface area contributed by atoms with E-state index in [1.54, 1.807) is 0 Å². The number of nitrogens with zero attached hydrogens (tertiary/aromatic N) is 2. The summed E-state index contributed by atoms with van der Waals surface area (Å²) in [6.07, 6.45) is 0. The van der Waals surface area contributed by atoms with Gasteiger partial charge in [-0.2, -0.15) is 18.7 Å². The molecule has 0 saturated heterocycles. The molecule has 0 aliphatic heterocycles. The molecule has 0 aromatic carbocycles. The van der Waals surface area contributed by atoms with E-state index in [1.165, 1.54) is 11.8 Å². The second-order valence-electron chi connectivity index (χ2n) is 2.74. The van der Waals surface area contributed by atoms with Crippen LogP contribution in [0, 0.1) is 0 Å². The highest BCUT2D eigenvalue weighted by Crippen LogP contribution is 2.19. The first-order valence-corrected chi connectivity index (χ1v) is 5.53. The monoisotopic (exact) mass is 297 g/mol. The lowest BCUT2D eigenvalue weighted by molar-refractivity contribution is -0.0529. The first kappa shape index (κ1) is 15.0. The number of rotatable bonds is 5. The first-order chi connectivity index (χ1) is 8.90. The molecule has 1 aromatic rings. The average Bonchev–Trinajstić information content (AvgIpc) is 2.26. The number of carbonyl (C=O) groups is 1. The Balaban J connectivity index is 2.87. The summed E-state index contributed by atoms with van der Waals surface area (Å²) in [5.41, 5.74) is 0. The Hall–Kier alpha value is -2.08. The van der Waals surface area contributed by atoms with Crippen molar-refractivity contribution in [1.29, 1.82) is 0 Å². The number of carbonyl (C=O) groups excluding carboxylic acids is 1. The number of aromatic nitrogens is 2. The zero-order valence-corrected chi connectivity index (χ0v) is 10.1. The maximum absolute atomic E-state index is 12.0. The summed E-state index contributed by atoms with van der Waals surface area (Å²) in [4.78, 5) is 18.0. The van der Waals surface area contributed by atoms with E-state index in [0.29, 0.717) is 0 Å². The highest BCUT2D eigenvalue weighted by atomic mass is 32.2. The molecule has 0 saturated carbocycles. The largest absolute Gasteiger partial charge is 0.755 e. The maximum atomic E-state index is 12.0. The first-order valence-electron chi connectivity index (χ1n) is 4.45. The minimum atomic E-state index is -3.13. The Morgan fingerprint density at radius 2 is 2.11 bits per heavy atom. The van der Waals surface area contributed by atoms with Crippen LogP contribution in [0.2, 0.25) is 0 Å². The van der Waals surface area contributed by atoms with Crippen molar-refractivity contribution >= 4 is 23.2 Å². The van der Waals surface area contributed by atoms with E-state index < -0.39 is 35.7 Å². The molecule has 9 nitrogen and oxygen atoms in total. The summed E-state index contributed by atoms with van der Waals surface area (Å²) in [7, 11) is 1.20. The number of methoxy groups -OCH3 is 1. The molecule has 0 aliphatic rings. The number of amides is 2. The van der Waals surface area contributed by atoms with E-state index in [0.717, 1.165) is 6.07 Å². The number of hydrogen-bond donors (Lipinski definition) is 2. The van der Waals surface area contributed by atoms with Gasteiger partial charge in [-0.25, -0.2) is 4.79 Å². The normalized spacial score (nSPS) is 11.8. The standard InChI is InChI=1S/C7H8F2N4O5S/c1-17-3-2-4(18-5(8)9)11-6(10-3)12-7(14)13-19(15)16/h2,5H,1H3,(H,15,16)(H2,10,11,12,13,14)/p-1. The fourth-order valence-corrected chi connectivity index (χ4v) is 1.12. The molecule has 0 spiro atoms. The Bertz CT molecular complexity index is 489. The Labute approximate surface area is 107 Å². The van der Waals surface area contributed by atoms with Crippen LogP contribution in [0.15, 0.2) is 6.07 Å². The Kier molecular flexibility index (Phi) is 5.32. The van der Waals surface area contributed by atoms with Crippen molar-refractivity contribution < 1.29 is 31.8 Å². The molecule has 19 heavy (non-hydrogen) atoms. The fraction of sp³-hybridized carbons (Fsp3) is 0.286. The second-order valence-corrected chi connectivity index (χ2v) is 3.42. The summed E-state index contributed by atoms with van der Waals surface area (Å²) >= 11 is -2.84. The molecule has 0 bridgehead atoms. The van der Waals surface area contributed by atoms with E-state index in [-0.39, 0.29) is 5.88 Å². The molecule has 1 heterocycles. The lowest BCUT2D eigenvalue weighted by Gasteiger charge is -2.10. The number of urea groups is 1. The van der Waals surface area contributed by atoms with Crippen LogP contribution in [-0.2, 0) is 11.3 Å². The number of anilines is 1. The van der Waals surface area contributed by atoms with E-state index in [9.17, 15) is 22.3 Å². The molecule has 2 amide bonds. The predicted octanol–water partition coefficient (Wildman–Crippen LogP) is 0.00220. The molecule has 0 fully saturated rings. The molecular formula is C7H7F2N4O5S-. The van der Waals surface area contributed by atoms with Crippen molar-refractivity contribution in [2.45, 2.75) is 6.61 Å². The number of nitrogens with one attached hydrogen (secondary N) is 2. The minimum absolute atomic E-state index is 0.163. The lowest BCUT2D eigenvalue weighted by Crippen LogP contribution is -2.30. The molecule has 1 rings (SSSR count). The maximum Gasteiger partial charge on any atom is 0.388 e. The Morgan fingerprint density at radius 1 is 1.47 bits per heavy atom. The molecule has 0 aliphatic carbocycles. The molecule has 0 radical (unpaired) electrons. The minimum Gasteiger partial charge on any atom is -0.755 e. The average molecular weight is 297 g/mol. The zero-order valence-electron chi connectivity index (χ0n) is 9.25. The van der Waals surface area contributed by atoms with E-state index in [4.69, 9.17) is 0 Å². The van der Waals surface area contributed by atoms with Crippen molar-refractivity contribution in [3.05, 3.63) is 6.07 Å². The van der Waals surface area contributed by atoms with Crippen LogP contribution in [0.3, 0.4) is 0 Å². The van der Waals surface area contributed by atoms with E-state index in [1.807, 2.05) is 5.32 Å². The van der Waals surface area contributed by atoms with Gasteiger partial charge in [0.1, 0.15) is 0 Å². The Morgan fingerprint density at radius 3 is 2.63 bits per heavy atom. The van der Waals surface area contributed by atoms with Crippen LogP contribution in [0.25, 0.3) is 0 Å². The SMILES string of the molecule is COc1cc(OC(F)F)nc(NC(=O)NS(=O)[O-])n1. The van der Waals surface area contributed by atoms with Crippen molar-refractivity contribution in [2.24, 2.45) is 0 Å². The van der Waals surface area contributed by atoms with Crippen molar-refractivity contribution in [1.82, 2.24) is 14.7 Å². The summed E-state index contributed by atoms with van der Waals surface area (Å²) in [6, 6.07) is -0.217. The molecule has 12 heteroatoms. The van der Waals surface area contributed by atoms with Crippen LogP contribution in [0.5, 0.6) is 11.8 Å². The molecular weight excluding hydrogens is 290 g/mol. The van der Waals surface area contributed by atoms with Crippen molar-refractivity contribution in [2.75, 3.05) is 12.4 Å². The van der Waals surface area contributed by atoms with Gasteiger partial charge in [0.2, 0.25) is 17.7 Å². The zero-order chi connectivity index (χ0) is 14.4. The van der Waals surface area contributed by atoms with Crippen molar-refractivity contribution in [3.63, 3.8) is 0 Å². The molecule has 1 aromatic heterocycles. The van der Waals surface area contributed by atoms with Gasteiger partial charge in [-0.1, -0.05) is 0 Å². The predicted molar refractivity (Wildman–Crippen MR) is 56.3 cm³/mol. The third kappa shape index (κ3) is 5.39. The summed E-state index contributed by atoms with van der Waals surface area (Å²) in [5, 5.41) is 1.89. The molecule has 1 unspecified atom stereocenters. The highest BCUT2D eigenvalue weighted by molar-refractivity contribution is 7.77. The quantitative estimate of drug-likeness (QED) is 0.733. The smallest absolute Gasteiger partial charge is 0.388 e. The lowest BCUT2D eigenvalue weighted by atomic mass is 10.6. The number of ether oxygens (including phenoxy) is 2. The molecule has 2 N–H and O–H groups in total. The number of alkyl halides is 2. The summed E-state index contributed by atoms with van der Waals surface area (Å²) < 4.78 is 54.5. The van der Waals surface area contributed by atoms with Gasteiger partial charge in [0.25, 0.3) is 0 Å². The topological polar surface area (TPSA) is 126 Å².